The zero-order valence-corrected chi connectivity index (χ0v) is 9.80. The molecule has 2 rings (SSSR count). The molecule has 0 spiro atoms. The van der Waals surface area contributed by atoms with Crippen molar-refractivity contribution in [3.05, 3.63) is 41.0 Å². The lowest BCUT2D eigenvalue weighted by atomic mass is 10.5. The molecule has 15 heavy (non-hydrogen) atoms. The van der Waals surface area contributed by atoms with Crippen LogP contribution in [0.3, 0.4) is 0 Å². The number of nitrogens with zero attached hydrogens (tertiary/aromatic N) is 3. The van der Waals surface area contributed by atoms with Gasteiger partial charge in [0.05, 0.1) is 0 Å². The summed E-state index contributed by atoms with van der Waals surface area (Å²) in [4.78, 5) is 11.9. The topological polar surface area (TPSA) is 38.7 Å². The lowest BCUT2D eigenvalue weighted by Gasteiger charge is -2.00. The predicted octanol–water partition coefficient (Wildman–Crippen LogP) is 2.92. The van der Waals surface area contributed by atoms with E-state index in [4.69, 9.17) is 0 Å². The number of hydrogen-bond donors (Lipinski definition) is 0. The van der Waals surface area contributed by atoms with Gasteiger partial charge in [-0.05, 0) is 39.8 Å². The highest BCUT2D eigenvalue weighted by Crippen LogP contribution is 2.25. The van der Waals surface area contributed by atoms with E-state index in [0.29, 0.717) is 9.63 Å². The summed E-state index contributed by atoms with van der Waals surface area (Å²) < 4.78 is 14.0. The van der Waals surface area contributed by atoms with Crippen molar-refractivity contribution in [2.45, 2.75) is 10.2 Å². The van der Waals surface area contributed by atoms with Crippen LogP contribution in [0.15, 0.2) is 45.4 Å². The van der Waals surface area contributed by atoms with Crippen molar-refractivity contribution in [1.82, 2.24) is 15.0 Å². The summed E-state index contributed by atoms with van der Waals surface area (Å²) in [5, 5.41) is 0.746. The minimum absolute atomic E-state index is 0.268. The summed E-state index contributed by atoms with van der Waals surface area (Å²) in [6, 6.07) is 3.06. The Labute approximate surface area is 98.3 Å². The van der Waals surface area contributed by atoms with Crippen LogP contribution in [-0.2, 0) is 0 Å². The Kier molecular flexibility index (Phi) is 3.27. The highest BCUT2D eigenvalue weighted by molar-refractivity contribution is 9.10. The molecule has 0 saturated carbocycles. The van der Waals surface area contributed by atoms with Crippen LogP contribution >= 0.6 is 27.7 Å². The van der Waals surface area contributed by atoms with Crippen molar-refractivity contribution in [3.8, 4) is 0 Å². The maximum atomic E-state index is 13.4. The highest BCUT2D eigenvalue weighted by atomic mass is 79.9. The number of aromatic nitrogens is 3. The van der Waals surface area contributed by atoms with E-state index in [2.05, 4.69) is 30.9 Å². The zero-order valence-electron chi connectivity index (χ0n) is 7.39. The van der Waals surface area contributed by atoms with Gasteiger partial charge in [-0.25, -0.2) is 19.3 Å². The van der Waals surface area contributed by atoms with E-state index >= 15 is 0 Å². The molecule has 2 heterocycles. The monoisotopic (exact) mass is 285 g/mol. The van der Waals surface area contributed by atoms with Crippen LogP contribution in [0.4, 0.5) is 4.39 Å². The summed E-state index contributed by atoms with van der Waals surface area (Å²) in [6.45, 7) is 0. The second-order valence-electron chi connectivity index (χ2n) is 2.57. The molecule has 0 N–H and O–H groups in total. The first-order valence-corrected chi connectivity index (χ1v) is 5.62. The van der Waals surface area contributed by atoms with Crippen LogP contribution in [0.25, 0.3) is 0 Å². The molecule has 0 unspecified atom stereocenters. The first kappa shape index (κ1) is 10.5. The van der Waals surface area contributed by atoms with Gasteiger partial charge in [0.15, 0.2) is 11.0 Å². The molecule has 0 aliphatic rings. The molecule has 0 aromatic carbocycles. The molecule has 0 aliphatic carbocycles. The average Bonchev–Trinajstić information content (AvgIpc) is 2.24. The summed E-state index contributed by atoms with van der Waals surface area (Å²) in [5.41, 5.74) is 0. The minimum atomic E-state index is -0.387. The van der Waals surface area contributed by atoms with Gasteiger partial charge < -0.3 is 0 Å². The zero-order chi connectivity index (χ0) is 10.7. The van der Waals surface area contributed by atoms with E-state index in [1.165, 1.54) is 12.3 Å². The SMILES string of the molecule is Fc1cc(Br)cnc1Sc1ncccn1. The van der Waals surface area contributed by atoms with Crippen LogP contribution in [0.5, 0.6) is 0 Å². The van der Waals surface area contributed by atoms with Crippen LogP contribution in [-0.4, -0.2) is 15.0 Å². The second kappa shape index (κ2) is 4.67. The third kappa shape index (κ3) is 2.73. The van der Waals surface area contributed by atoms with E-state index in [-0.39, 0.29) is 10.8 Å². The number of pyridine rings is 1. The average molecular weight is 286 g/mol. The normalized spacial score (nSPS) is 10.3. The fraction of sp³-hybridized carbons (Fsp3) is 0. The number of halogens is 2. The van der Waals surface area contributed by atoms with Gasteiger partial charge >= 0.3 is 0 Å². The Morgan fingerprint density at radius 2 is 1.93 bits per heavy atom. The number of rotatable bonds is 2. The Hall–Kier alpha value is -1.01. The molecule has 0 fully saturated rings. The lowest BCUT2D eigenvalue weighted by Crippen LogP contribution is -1.89. The van der Waals surface area contributed by atoms with Gasteiger partial charge in [-0.15, -0.1) is 0 Å². The molecular weight excluding hydrogens is 281 g/mol. The van der Waals surface area contributed by atoms with Crippen molar-refractivity contribution in [1.29, 1.82) is 0 Å². The molecule has 76 valence electrons. The standard InChI is InChI=1S/C9H5BrFN3S/c10-6-4-7(11)8(14-5-6)15-9-12-2-1-3-13-9/h1-5H. The van der Waals surface area contributed by atoms with E-state index in [1.807, 2.05) is 0 Å². The first-order valence-electron chi connectivity index (χ1n) is 4.01. The predicted molar refractivity (Wildman–Crippen MR) is 58.1 cm³/mol. The Bertz CT molecular complexity index is 466. The van der Waals surface area contributed by atoms with Gasteiger partial charge in [0.25, 0.3) is 0 Å². The summed E-state index contributed by atoms with van der Waals surface area (Å²) in [7, 11) is 0. The molecule has 0 atom stereocenters. The van der Waals surface area contributed by atoms with Crippen molar-refractivity contribution in [3.63, 3.8) is 0 Å². The molecule has 3 nitrogen and oxygen atoms in total. The van der Waals surface area contributed by atoms with Gasteiger partial charge in [0.1, 0.15) is 5.03 Å². The highest BCUT2D eigenvalue weighted by Gasteiger charge is 2.07. The maximum Gasteiger partial charge on any atom is 0.193 e. The molecule has 6 heteroatoms. The Balaban J connectivity index is 2.25. The maximum absolute atomic E-state index is 13.4. The van der Waals surface area contributed by atoms with Crippen molar-refractivity contribution in [2.24, 2.45) is 0 Å². The quantitative estimate of drug-likeness (QED) is 0.796. The number of hydrogen-bond acceptors (Lipinski definition) is 4. The van der Waals surface area contributed by atoms with Crippen LogP contribution in [0.1, 0.15) is 0 Å². The summed E-state index contributed by atoms with van der Waals surface area (Å²) in [5.74, 6) is -0.387. The van der Waals surface area contributed by atoms with Crippen LogP contribution < -0.4 is 0 Å². The third-order valence-corrected chi connectivity index (χ3v) is 2.82. The smallest absolute Gasteiger partial charge is 0.193 e. The minimum Gasteiger partial charge on any atom is -0.245 e. The van der Waals surface area contributed by atoms with Crippen LogP contribution in [0, 0.1) is 5.82 Å². The molecule has 0 amide bonds. The van der Waals surface area contributed by atoms with Gasteiger partial charge in [-0.3, -0.25) is 0 Å². The molecule has 0 radical (unpaired) electrons. The van der Waals surface area contributed by atoms with E-state index < -0.39 is 0 Å². The van der Waals surface area contributed by atoms with Gasteiger partial charge in [-0.1, -0.05) is 0 Å². The van der Waals surface area contributed by atoms with Crippen molar-refractivity contribution in [2.75, 3.05) is 0 Å². The Morgan fingerprint density at radius 1 is 1.20 bits per heavy atom. The van der Waals surface area contributed by atoms with Gasteiger partial charge in [0.2, 0.25) is 0 Å². The molecule has 0 aliphatic heterocycles. The molecule has 0 saturated heterocycles. The fourth-order valence-electron chi connectivity index (χ4n) is 0.902. The fourth-order valence-corrected chi connectivity index (χ4v) is 1.87. The van der Waals surface area contributed by atoms with E-state index in [9.17, 15) is 4.39 Å². The second-order valence-corrected chi connectivity index (χ2v) is 4.45. The first-order chi connectivity index (χ1) is 7.25. The Morgan fingerprint density at radius 3 is 2.60 bits per heavy atom. The van der Waals surface area contributed by atoms with Gasteiger partial charge in [0, 0.05) is 23.1 Å². The summed E-state index contributed by atoms with van der Waals surface area (Å²) >= 11 is 4.23. The molecular formula is C9H5BrFN3S. The van der Waals surface area contributed by atoms with E-state index in [0.717, 1.165) is 11.8 Å². The van der Waals surface area contributed by atoms with Crippen molar-refractivity contribution < 1.29 is 4.39 Å². The largest absolute Gasteiger partial charge is 0.245 e. The molecule has 2 aromatic heterocycles. The van der Waals surface area contributed by atoms with Crippen LogP contribution in [0.2, 0.25) is 0 Å². The van der Waals surface area contributed by atoms with Gasteiger partial charge in [-0.2, -0.15) is 0 Å². The third-order valence-electron chi connectivity index (χ3n) is 1.50. The molecule has 2 aromatic rings. The van der Waals surface area contributed by atoms with Crippen molar-refractivity contribution >= 4 is 27.7 Å². The summed E-state index contributed by atoms with van der Waals surface area (Å²) in [6.07, 6.45) is 4.74. The van der Waals surface area contributed by atoms with E-state index in [1.54, 1.807) is 18.5 Å². The molecule has 0 bridgehead atoms. The lowest BCUT2D eigenvalue weighted by molar-refractivity contribution is 0.586.